The molecule has 0 aliphatic carbocycles. The molecule has 36 heavy (non-hydrogen) atoms. The summed E-state index contributed by atoms with van der Waals surface area (Å²) in [4.78, 5) is 43.0. The van der Waals surface area contributed by atoms with Gasteiger partial charge in [0, 0.05) is 26.6 Å². The first kappa shape index (κ1) is 26.7. The summed E-state index contributed by atoms with van der Waals surface area (Å²) in [5.74, 6) is 1.42. The Labute approximate surface area is 203 Å². The van der Waals surface area contributed by atoms with Crippen molar-refractivity contribution in [2.75, 3.05) is 55.7 Å². The number of hydrazone groups is 1. The zero-order chi connectivity index (χ0) is 26.4. The lowest BCUT2D eigenvalue weighted by Crippen LogP contribution is -2.42. The number of ether oxygens (including phenoxy) is 1. The quantitative estimate of drug-likeness (QED) is 0.135. The van der Waals surface area contributed by atoms with Crippen LogP contribution in [0, 0.1) is 11.6 Å². The van der Waals surface area contributed by atoms with E-state index in [9.17, 15) is 31.9 Å². The molecule has 200 valence electrons. The minimum Gasteiger partial charge on any atom is -0.442 e. The van der Waals surface area contributed by atoms with Crippen LogP contribution in [0.1, 0.15) is 1.43 Å². The zero-order valence-corrected chi connectivity index (χ0v) is 18.8. The lowest BCUT2D eigenvalue weighted by molar-refractivity contribution is -0.183. The number of hydrogen-bond acceptors (Lipinski definition) is 9. The molecule has 0 unspecified atom stereocenters. The van der Waals surface area contributed by atoms with Gasteiger partial charge >= 0.3 is 12.5 Å². The second-order valence-electron chi connectivity index (χ2n) is 7.60. The molecule has 2 fully saturated rings. The highest BCUT2D eigenvalue weighted by atomic mass is 19.3. The molecular weight excluding hydrogens is 496 g/mol. The summed E-state index contributed by atoms with van der Waals surface area (Å²) < 4.78 is 59.6. The molecule has 17 heteroatoms. The van der Waals surface area contributed by atoms with E-state index in [1.165, 1.54) is 4.90 Å². The number of anilines is 2. The van der Waals surface area contributed by atoms with Crippen LogP contribution in [0.4, 0.5) is 33.7 Å². The van der Waals surface area contributed by atoms with Gasteiger partial charge in [0.15, 0.2) is 11.6 Å². The average Bonchev–Trinajstić information content (AvgIpc) is 3.01. The first-order chi connectivity index (χ1) is 17.1. The Morgan fingerprint density at radius 1 is 1.28 bits per heavy atom. The first-order valence-corrected chi connectivity index (χ1v) is 10.6. The number of benzene rings is 1. The fourth-order valence-corrected chi connectivity index (χ4v) is 3.55. The van der Waals surface area contributed by atoms with Crippen LogP contribution in [0.25, 0.3) is 0 Å². The van der Waals surface area contributed by atoms with Crippen LogP contribution in [-0.4, -0.2) is 92.8 Å². The Kier molecular flexibility index (Phi) is 8.70. The van der Waals surface area contributed by atoms with E-state index in [2.05, 4.69) is 5.10 Å². The van der Waals surface area contributed by atoms with Gasteiger partial charge in [0.1, 0.15) is 24.7 Å². The molecule has 0 radical (unpaired) electrons. The second-order valence-corrected chi connectivity index (χ2v) is 7.60. The third kappa shape index (κ3) is 6.42. The number of carbonyl (C=O) groups is 3. The van der Waals surface area contributed by atoms with Gasteiger partial charge in [-0.2, -0.15) is 13.9 Å². The largest absolute Gasteiger partial charge is 0.442 e. The van der Waals surface area contributed by atoms with E-state index in [0.717, 1.165) is 33.6 Å². The van der Waals surface area contributed by atoms with Crippen LogP contribution in [0.15, 0.2) is 17.2 Å². The number of nitrogens with two attached hydrogens (primary N) is 2. The maximum Gasteiger partial charge on any atom is 0.414 e. The third-order valence-electron chi connectivity index (χ3n) is 5.18. The summed E-state index contributed by atoms with van der Waals surface area (Å²) in [6.45, 7) is -1.00. The van der Waals surface area contributed by atoms with Crippen molar-refractivity contribution in [2.45, 2.75) is 12.5 Å². The van der Waals surface area contributed by atoms with Crippen molar-refractivity contribution in [1.29, 1.82) is 0 Å². The predicted molar refractivity (Wildman–Crippen MR) is 119 cm³/mol. The van der Waals surface area contributed by atoms with E-state index in [0.29, 0.717) is 0 Å². The Hall–Kier alpha value is -3.86. The van der Waals surface area contributed by atoms with Crippen LogP contribution in [0.5, 0.6) is 0 Å². The zero-order valence-electron chi connectivity index (χ0n) is 18.8. The van der Waals surface area contributed by atoms with Crippen LogP contribution >= 0.6 is 0 Å². The Morgan fingerprint density at radius 3 is 2.61 bits per heavy atom. The smallest absolute Gasteiger partial charge is 0.414 e. The lowest BCUT2D eigenvalue weighted by atomic mass is 10.2. The molecule has 3 amide bonds. The number of hydroxylamine groups is 2. The average molecular weight is 522 g/mol. The number of nitrogens with zero attached hydrogens (tertiary/aromatic N) is 5. The molecule has 2 aliphatic heterocycles. The molecule has 2 aliphatic rings. The standard InChI is InChI=1S/C19H24F4N8O5.H2/c20-13-5-11(29-8-12(36-19(29)34)7-26-18(33)17(22)23)6-14(21)16(13)28-1-2-30(35-4-3-28)15(32)9-31(25)27-10-24;/h5-6,10,12,17H,1-4,7-9,25H2,(H2,24,27)(H,26,33);1H/t12-;/m0./s1. The van der Waals surface area contributed by atoms with Crippen molar-refractivity contribution in [2.24, 2.45) is 16.7 Å². The number of halogens is 4. The molecule has 2 saturated heterocycles. The third-order valence-corrected chi connectivity index (χ3v) is 5.18. The molecule has 3 rings (SSSR count). The number of hydrogen-bond donors (Lipinski definition) is 3. The van der Waals surface area contributed by atoms with Gasteiger partial charge in [-0.05, 0) is 0 Å². The highest BCUT2D eigenvalue weighted by Crippen LogP contribution is 2.31. The first-order valence-electron chi connectivity index (χ1n) is 10.6. The maximum absolute atomic E-state index is 15.0. The van der Waals surface area contributed by atoms with E-state index in [1.807, 2.05) is 5.32 Å². The molecule has 2 heterocycles. The van der Waals surface area contributed by atoms with E-state index in [4.69, 9.17) is 21.2 Å². The summed E-state index contributed by atoms with van der Waals surface area (Å²) in [5, 5.41) is 7.23. The van der Waals surface area contributed by atoms with Crippen molar-refractivity contribution < 1.29 is 42.9 Å². The Balaban J connectivity index is 0.00000481. The van der Waals surface area contributed by atoms with Gasteiger partial charge in [-0.1, -0.05) is 0 Å². The highest BCUT2D eigenvalue weighted by Gasteiger charge is 2.34. The topological polar surface area (TPSA) is 159 Å². The lowest BCUT2D eigenvalue weighted by Gasteiger charge is -2.24. The predicted octanol–water partition coefficient (Wildman–Crippen LogP) is -0.425. The molecule has 0 bridgehead atoms. The van der Waals surface area contributed by atoms with Gasteiger partial charge in [0.2, 0.25) is 0 Å². The van der Waals surface area contributed by atoms with Gasteiger partial charge in [-0.15, -0.1) is 0 Å². The second kappa shape index (κ2) is 11.7. The van der Waals surface area contributed by atoms with Crippen LogP contribution in [0.3, 0.4) is 0 Å². The summed E-state index contributed by atoms with van der Waals surface area (Å²) in [7, 11) is 0. The van der Waals surface area contributed by atoms with Crippen molar-refractivity contribution in [1.82, 2.24) is 15.5 Å². The minimum atomic E-state index is -3.23. The monoisotopic (exact) mass is 522 g/mol. The van der Waals surface area contributed by atoms with Crippen molar-refractivity contribution >= 4 is 35.6 Å². The van der Waals surface area contributed by atoms with Crippen LogP contribution in [-0.2, 0) is 19.2 Å². The molecule has 13 nitrogen and oxygen atoms in total. The Bertz CT molecular complexity index is 1000. The van der Waals surface area contributed by atoms with Crippen molar-refractivity contribution in [3.8, 4) is 0 Å². The number of rotatable bonds is 8. The van der Waals surface area contributed by atoms with E-state index >= 15 is 0 Å². The molecule has 1 aromatic carbocycles. The SMILES string of the molecule is N/C=N\N(N)CC(=O)N1CCN(c2c(F)cc(N3C[C@H](CNC(=O)C(F)F)OC3=O)cc2F)CCO1.[HH]. The number of cyclic esters (lactones) is 1. The number of amides is 3. The van der Waals surface area contributed by atoms with Gasteiger partial charge < -0.3 is 20.7 Å². The normalized spacial score (nSPS) is 18.6. The number of nitrogens with one attached hydrogen (secondary N) is 1. The number of carbonyl (C=O) groups excluding carboxylic acids is 3. The molecule has 0 saturated carbocycles. The molecular formula is C19H26F4N8O5. The maximum atomic E-state index is 15.0. The summed E-state index contributed by atoms with van der Waals surface area (Å²) >= 11 is 0. The van der Waals surface area contributed by atoms with Crippen molar-refractivity contribution in [3.63, 3.8) is 0 Å². The molecule has 1 atom stereocenters. The van der Waals surface area contributed by atoms with Gasteiger partial charge in [0.25, 0.3) is 11.8 Å². The van der Waals surface area contributed by atoms with Gasteiger partial charge in [-0.3, -0.25) is 19.3 Å². The van der Waals surface area contributed by atoms with Crippen LogP contribution < -0.4 is 26.7 Å². The number of hydrazine groups is 1. The van der Waals surface area contributed by atoms with Crippen molar-refractivity contribution in [3.05, 3.63) is 23.8 Å². The van der Waals surface area contributed by atoms with E-state index in [-0.39, 0.29) is 46.4 Å². The Morgan fingerprint density at radius 2 is 1.97 bits per heavy atom. The summed E-state index contributed by atoms with van der Waals surface area (Å²) in [6, 6.07) is 1.84. The van der Waals surface area contributed by atoms with Crippen LogP contribution in [0.2, 0.25) is 0 Å². The summed E-state index contributed by atoms with van der Waals surface area (Å²) in [6.07, 6.45) is -4.27. The fraction of sp³-hybridized carbons (Fsp3) is 0.474. The molecule has 0 aromatic heterocycles. The fourth-order valence-electron chi connectivity index (χ4n) is 3.55. The molecule has 1 aromatic rings. The van der Waals surface area contributed by atoms with Gasteiger partial charge in [0.05, 0.1) is 31.9 Å². The highest BCUT2D eigenvalue weighted by molar-refractivity contribution is 5.90. The molecule has 5 N–H and O–H groups in total. The minimum absolute atomic E-state index is 0. The van der Waals surface area contributed by atoms with E-state index in [1.54, 1.807) is 0 Å². The van der Waals surface area contributed by atoms with Gasteiger partial charge in [-0.25, -0.2) is 29.6 Å². The number of alkyl halides is 2. The molecule has 0 spiro atoms. The summed E-state index contributed by atoms with van der Waals surface area (Å²) in [5.41, 5.74) is 4.55. The van der Waals surface area contributed by atoms with E-state index < -0.39 is 54.3 Å².